The quantitative estimate of drug-likeness (QED) is 0.652. The predicted molar refractivity (Wildman–Crippen MR) is 81.6 cm³/mol. The van der Waals surface area contributed by atoms with E-state index in [-0.39, 0.29) is 28.8 Å². The van der Waals surface area contributed by atoms with Crippen molar-refractivity contribution in [2.75, 3.05) is 18.1 Å². The lowest BCUT2D eigenvalue weighted by atomic mass is 10.3. The number of hydrogen-bond acceptors (Lipinski definition) is 5. The van der Waals surface area contributed by atoms with Crippen LogP contribution in [0.15, 0.2) is 27.6 Å². The van der Waals surface area contributed by atoms with Crippen LogP contribution in [-0.4, -0.2) is 34.9 Å². The highest BCUT2D eigenvalue weighted by molar-refractivity contribution is 9.10. The zero-order valence-electron chi connectivity index (χ0n) is 10.7. The first-order valence-electron chi connectivity index (χ1n) is 5.73. The first-order chi connectivity index (χ1) is 9.15. The van der Waals surface area contributed by atoms with E-state index in [9.17, 15) is 16.8 Å². The normalized spacial score (nSPS) is 12.3. The highest BCUT2D eigenvalue weighted by atomic mass is 79.9. The monoisotopic (exact) mass is 404 g/mol. The van der Waals surface area contributed by atoms with E-state index in [0.29, 0.717) is 10.9 Å². The minimum absolute atomic E-state index is 0.0369. The van der Waals surface area contributed by atoms with Gasteiger partial charge < -0.3 is 4.74 Å². The molecule has 0 fully saturated rings. The van der Waals surface area contributed by atoms with Crippen LogP contribution >= 0.6 is 26.6 Å². The van der Waals surface area contributed by atoms with E-state index >= 15 is 0 Å². The van der Waals surface area contributed by atoms with Gasteiger partial charge >= 0.3 is 0 Å². The molecule has 0 amide bonds. The largest absolute Gasteiger partial charge is 0.491 e. The van der Waals surface area contributed by atoms with Crippen LogP contribution in [0.1, 0.15) is 13.3 Å². The minimum atomic E-state index is -3.96. The molecule has 0 aliphatic rings. The molecule has 20 heavy (non-hydrogen) atoms. The third kappa shape index (κ3) is 5.59. The highest BCUT2D eigenvalue weighted by Gasteiger charge is 2.18. The van der Waals surface area contributed by atoms with Crippen molar-refractivity contribution in [2.24, 2.45) is 0 Å². The van der Waals surface area contributed by atoms with Gasteiger partial charge in [0.2, 0.25) is 0 Å². The molecule has 0 saturated heterocycles. The van der Waals surface area contributed by atoms with E-state index in [2.05, 4.69) is 15.9 Å². The number of hydrogen-bond donors (Lipinski definition) is 0. The summed E-state index contributed by atoms with van der Waals surface area (Å²) in [4.78, 5) is -0.193. The lowest BCUT2D eigenvalue weighted by Gasteiger charge is -2.10. The molecule has 0 saturated carbocycles. The fraction of sp³-hybridized carbons (Fsp3) is 0.455. The summed E-state index contributed by atoms with van der Waals surface area (Å²) in [5.74, 6) is -0.0503. The van der Waals surface area contributed by atoms with Gasteiger partial charge in [-0.05, 0) is 24.6 Å². The Morgan fingerprint density at radius 1 is 1.20 bits per heavy atom. The van der Waals surface area contributed by atoms with Crippen molar-refractivity contribution in [1.29, 1.82) is 0 Å². The second-order valence-electron chi connectivity index (χ2n) is 4.03. The van der Waals surface area contributed by atoms with Crippen molar-refractivity contribution >= 4 is 45.5 Å². The number of sulfone groups is 1. The standard InChI is InChI=1S/C11H14BrClO5S2/c1-2-6-19(14,15)7-5-18-10-4-3-9(12)8-11(10)20(13,16)17/h3-4,8H,2,5-7H2,1H3. The summed E-state index contributed by atoms with van der Waals surface area (Å²) in [5, 5.41) is 0. The third-order valence-electron chi connectivity index (χ3n) is 2.34. The smallest absolute Gasteiger partial charge is 0.265 e. The van der Waals surface area contributed by atoms with Gasteiger partial charge in [0.05, 0.1) is 11.5 Å². The topological polar surface area (TPSA) is 77.5 Å². The van der Waals surface area contributed by atoms with Crippen molar-refractivity contribution in [3.8, 4) is 5.75 Å². The molecule has 114 valence electrons. The van der Waals surface area contributed by atoms with Gasteiger partial charge in [-0.15, -0.1) is 0 Å². The van der Waals surface area contributed by atoms with Gasteiger partial charge in [0, 0.05) is 15.2 Å². The molecule has 0 aromatic heterocycles. The van der Waals surface area contributed by atoms with Crippen LogP contribution in [0.2, 0.25) is 0 Å². The van der Waals surface area contributed by atoms with Gasteiger partial charge in [-0.1, -0.05) is 22.9 Å². The Morgan fingerprint density at radius 3 is 2.40 bits per heavy atom. The van der Waals surface area contributed by atoms with Crippen molar-refractivity contribution < 1.29 is 21.6 Å². The van der Waals surface area contributed by atoms with Gasteiger partial charge in [0.15, 0.2) is 9.84 Å². The van der Waals surface area contributed by atoms with Crippen LogP contribution in [-0.2, 0) is 18.9 Å². The van der Waals surface area contributed by atoms with Crippen LogP contribution in [0, 0.1) is 0 Å². The Balaban J connectivity index is 2.84. The molecule has 0 N–H and O–H groups in total. The summed E-state index contributed by atoms with van der Waals surface area (Å²) in [5.41, 5.74) is 0. The maximum absolute atomic E-state index is 11.5. The fourth-order valence-electron chi connectivity index (χ4n) is 1.48. The summed E-state index contributed by atoms with van der Waals surface area (Å²) in [6.45, 7) is 1.65. The zero-order chi connectivity index (χ0) is 15.4. The molecule has 0 heterocycles. The lowest BCUT2D eigenvalue weighted by Crippen LogP contribution is -2.17. The maximum Gasteiger partial charge on any atom is 0.265 e. The second kappa shape index (κ2) is 7.11. The average molecular weight is 406 g/mol. The third-order valence-corrected chi connectivity index (χ3v) is 5.99. The van der Waals surface area contributed by atoms with E-state index in [4.69, 9.17) is 15.4 Å². The number of ether oxygens (including phenoxy) is 1. The van der Waals surface area contributed by atoms with Crippen LogP contribution in [0.4, 0.5) is 0 Å². The molecule has 1 aromatic rings. The van der Waals surface area contributed by atoms with E-state index < -0.39 is 18.9 Å². The Kier molecular flexibility index (Phi) is 6.30. The Labute approximate surface area is 131 Å². The zero-order valence-corrected chi connectivity index (χ0v) is 14.6. The molecule has 1 aromatic carbocycles. The molecule has 5 nitrogen and oxygen atoms in total. The summed E-state index contributed by atoms with van der Waals surface area (Å²) in [6, 6.07) is 4.31. The summed E-state index contributed by atoms with van der Waals surface area (Å²) < 4.78 is 51.6. The molecule has 0 atom stereocenters. The molecule has 0 bridgehead atoms. The molecule has 0 spiro atoms. The molecular weight excluding hydrogens is 392 g/mol. The Morgan fingerprint density at radius 2 is 1.85 bits per heavy atom. The van der Waals surface area contributed by atoms with Crippen LogP contribution < -0.4 is 4.74 Å². The molecule has 1 rings (SSSR count). The van der Waals surface area contributed by atoms with Gasteiger partial charge in [-0.3, -0.25) is 0 Å². The molecule has 0 unspecified atom stereocenters. The average Bonchev–Trinajstić information content (AvgIpc) is 2.29. The van der Waals surface area contributed by atoms with Crippen molar-refractivity contribution in [1.82, 2.24) is 0 Å². The van der Waals surface area contributed by atoms with E-state index in [1.165, 1.54) is 12.1 Å². The van der Waals surface area contributed by atoms with Crippen molar-refractivity contribution in [3.05, 3.63) is 22.7 Å². The van der Waals surface area contributed by atoms with Gasteiger partial charge in [0.1, 0.15) is 17.3 Å². The van der Waals surface area contributed by atoms with Crippen molar-refractivity contribution in [3.63, 3.8) is 0 Å². The maximum atomic E-state index is 11.5. The minimum Gasteiger partial charge on any atom is -0.491 e. The van der Waals surface area contributed by atoms with E-state index in [0.717, 1.165) is 0 Å². The van der Waals surface area contributed by atoms with Crippen molar-refractivity contribution in [2.45, 2.75) is 18.2 Å². The SMILES string of the molecule is CCCS(=O)(=O)CCOc1ccc(Br)cc1S(=O)(=O)Cl. The lowest BCUT2D eigenvalue weighted by molar-refractivity contribution is 0.332. The summed E-state index contributed by atoms with van der Waals surface area (Å²) in [6.07, 6.45) is 0.530. The van der Waals surface area contributed by atoms with Gasteiger partial charge in [-0.25, -0.2) is 16.8 Å². The van der Waals surface area contributed by atoms with Crippen LogP contribution in [0.25, 0.3) is 0 Å². The molecular formula is C11H14BrClO5S2. The number of halogens is 2. The number of benzene rings is 1. The van der Waals surface area contributed by atoms with Gasteiger partial charge in [0.25, 0.3) is 9.05 Å². The first kappa shape index (κ1) is 17.7. The first-order valence-corrected chi connectivity index (χ1v) is 10.7. The fourth-order valence-corrected chi connectivity index (χ4v) is 4.16. The van der Waals surface area contributed by atoms with Crippen LogP contribution in [0.3, 0.4) is 0 Å². The molecule has 0 aliphatic carbocycles. The molecule has 0 radical (unpaired) electrons. The van der Waals surface area contributed by atoms with Crippen LogP contribution in [0.5, 0.6) is 5.75 Å². The van der Waals surface area contributed by atoms with E-state index in [1.54, 1.807) is 13.0 Å². The Hall–Kier alpha value is -0.310. The summed E-state index contributed by atoms with van der Waals surface area (Å²) in [7, 11) is -1.83. The molecule has 0 aliphatic heterocycles. The molecule has 9 heteroatoms. The Bertz CT molecular complexity index is 670. The van der Waals surface area contributed by atoms with E-state index in [1.807, 2.05) is 0 Å². The predicted octanol–water partition coefficient (Wildman–Crippen LogP) is 2.58. The van der Waals surface area contributed by atoms with Gasteiger partial charge in [-0.2, -0.15) is 0 Å². The summed E-state index contributed by atoms with van der Waals surface area (Å²) >= 11 is 3.13. The second-order valence-corrected chi connectivity index (χ2v) is 9.78. The number of rotatable bonds is 7. The highest BCUT2D eigenvalue weighted by Crippen LogP contribution is 2.30.